The number of aliphatic imine (C=N–C) groups is 1. The molecule has 1 aromatic rings. The van der Waals surface area contributed by atoms with Crippen molar-refractivity contribution in [1.29, 1.82) is 0 Å². The molecule has 1 heterocycles. The topological polar surface area (TPSA) is 74.2 Å². The van der Waals surface area contributed by atoms with Gasteiger partial charge in [-0.25, -0.2) is 4.99 Å². The Hall–Kier alpha value is -2.37. The van der Waals surface area contributed by atoms with E-state index in [-0.39, 0.29) is 25.7 Å². The molecule has 0 aromatic heterocycles. The van der Waals surface area contributed by atoms with E-state index >= 15 is 0 Å². The van der Waals surface area contributed by atoms with Gasteiger partial charge in [-0.2, -0.15) is 0 Å². The zero-order valence-corrected chi connectivity index (χ0v) is 17.8. The lowest BCUT2D eigenvalue weighted by Crippen LogP contribution is -2.45. The summed E-state index contributed by atoms with van der Waals surface area (Å²) in [7, 11) is 0. The Kier molecular flexibility index (Phi) is 9.16. The number of rotatable bonds is 12. The number of esters is 2. The van der Waals surface area contributed by atoms with Crippen molar-refractivity contribution in [3.05, 3.63) is 35.9 Å². The molecule has 1 unspecified atom stereocenters. The minimum Gasteiger partial charge on any atom is -0.472 e. The van der Waals surface area contributed by atoms with Crippen LogP contribution in [0.5, 0.6) is 0 Å². The third-order valence-corrected chi connectivity index (χ3v) is 5.10. The average Bonchev–Trinajstić information content (AvgIpc) is 3.19. The van der Waals surface area contributed by atoms with Gasteiger partial charge in [0.25, 0.3) is 0 Å². The fourth-order valence-electron chi connectivity index (χ4n) is 3.60. The molecule has 0 saturated carbocycles. The molecule has 0 fully saturated rings. The van der Waals surface area contributed by atoms with Gasteiger partial charge < -0.3 is 14.2 Å². The lowest BCUT2D eigenvalue weighted by Gasteiger charge is -2.31. The number of benzene rings is 1. The summed E-state index contributed by atoms with van der Waals surface area (Å²) in [6.45, 7) is 6.44. The van der Waals surface area contributed by atoms with E-state index < -0.39 is 17.4 Å². The Labute approximate surface area is 173 Å². The van der Waals surface area contributed by atoms with E-state index in [0.29, 0.717) is 18.9 Å². The van der Waals surface area contributed by atoms with E-state index in [4.69, 9.17) is 14.2 Å². The van der Waals surface area contributed by atoms with Crippen LogP contribution in [0.2, 0.25) is 0 Å². The predicted octanol–water partition coefficient (Wildman–Crippen LogP) is 4.31. The maximum atomic E-state index is 13.0. The van der Waals surface area contributed by atoms with Gasteiger partial charge in [0.15, 0.2) is 5.41 Å². The number of hydrogen-bond acceptors (Lipinski definition) is 6. The minimum atomic E-state index is -1.36. The van der Waals surface area contributed by atoms with E-state index in [2.05, 4.69) is 11.9 Å². The zero-order valence-electron chi connectivity index (χ0n) is 17.8. The van der Waals surface area contributed by atoms with Crippen LogP contribution in [0.1, 0.15) is 64.9 Å². The van der Waals surface area contributed by atoms with E-state index in [1.165, 1.54) is 0 Å². The second kappa shape index (κ2) is 11.6. The lowest BCUT2D eigenvalue weighted by molar-refractivity contribution is -0.175. The molecule has 1 aliphatic heterocycles. The first-order chi connectivity index (χ1) is 14.1. The fraction of sp³-hybridized carbons (Fsp3) is 0.609. The molecule has 1 aliphatic rings. The minimum absolute atomic E-state index is 0.205. The first-order valence-corrected chi connectivity index (χ1v) is 10.7. The summed E-state index contributed by atoms with van der Waals surface area (Å²) in [5.74, 6) is -0.499. The molecule has 0 saturated heterocycles. The van der Waals surface area contributed by atoms with Gasteiger partial charge in [0.1, 0.15) is 6.10 Å². The molecule has 1 aromatic carbocycles. The zero-order chi connectivity index (χ0) is 21.1. The summed E-state index contributed by atoms with van der Waals surface area (Å²) in [5, 5.41) is 0. The van der Waals surface area contributed by atoms with Crippen LogP contribution in [0.15, 0.2) is 35.3 Å². The molecule has 6 nitrogen and oxygen atoms in total. The molecule has 6 heteroatoms. The number of nitrogens with zero attached hydrogens (tertiary/aromatic N) is 1. The van der Waals surface area contributed by atoms with Crippen molar-refractivity contribution in [3.8, 4) is 0 Å². The van der Waals surface area contributed by atoms with E-state index in [9.17, 15) is 9.59 Å². The normalized spacial score (nSPS) is 16.1. The third kappa shape index (κ3) is 6.05. The quantitative estimate of drug-likeness (QED) is 0.295. The summed E-state index contributed by atoms with van der Waals surface area (Å²) in [6, 6.07) is 9.62. The summed E-state index contributed by atoms with van der Waals surface area (Å²) < 4.78 is 16.7. The molecule has 29 heavy (non-hydrogen) atoms. The highest BCUT2D eigenvalue weighted by molar-refractivity contribution is 6.00. The van der Waals surface area contributed by atoms with Gasteiger partial charge in [-0.15, -0.1) is 0 Å². The fourth-order valence-corrected chi connectivity index (χ4v) is 3.60. The first kappa shape index (κ1) is 22.9. The van der Waals surface area contributed by atoms with Crippen LogP contribution < -0.4 is 0 Å². The Morgan fingerprint density at radius 2 is 1.69 bits per heavy atom. The largest absolute Gasteiger partial charge is 0.472 e. The van der Waals surface area contributed by atoms with Crippen LogP contribution in [0.4, 0.5) is 0 Å². The molecular weight excluding hydrogens is 370 g/mol. The Bertz CT molecular complexity index is 668. The molecule has 0 radical (unpaired) electrons. The van der Waals surface area contributed by atoms with Crippen molar-refractivity contribution < 1.29 is 23.8 Å². The number of hydrogen-bond donors (Lipinski definition) is 0. The maximum Gasteiger partial charge on any atom is 0.323 e. The Balaban J connectivity index is 2.18. The van der Waals surface area contributed by atoms with Crippen molar-refractivity contribution >= 4 is 17.8 Å². The van der Waals surface area contributed by atoms with Gasteiger partial charge in [0.2, 0.25) is 5.90 Å². The molecule has 160 valence electrons. The maximum absolute atomic E-state index is 13.0. The Morgan fingerprint density at radius 1 is 1.03 bits per heavy atom. The third-order valence-electron chi connectivity index (χ3n) is 5.10. The lowest BCUT2D eigenvalue weighted by atomic mass is 9.77. The summed E-state index contributed by atoms with van der Waals surface area (Å²) in [5.41, 5.74) is -0.470. The van der Waals surface area contributed by atoms with Crippen molar-refractivity contribution in [2.45, 2.75) is 65.4 Å². The number of unbranched alkanes of at least 4 members (excludes halogenated alkanes) is 3. The second-order valence-corrected chi connectivity index (χ2v) is 7.29. The van der Waals surface area contributed by atoms with Gasteiger partial charge in [-0.05, 0) is 32.4 Å². The number of carbonyl (C=O) groups excluding carboxylic acids is 2. The average molecular weight is 404 g/mol. The van der Waals surface area contributed by atoms with Crippen LogP contribution in [-0.4, -0.2) is 43.7 Å². The SMILES string of the molecule is CCCCCCC(CC1CN=C(c2ccccc2)O1)(C(=O)OCC)C(=O)OCC. The van der Waals surface area contributed by atoms with E-state index in [1.807, 2.05) is 30.3 Å². The van der Waals surface area contributed by atoms with Gasteiger partial charge in [-0.3, -0.25) is 9.59 Å². The number of ether oxygens (including phenoxy) is 3. The highest BCUT2D eigenvalue weighted by Gasteiger charge is 2.50. The van der Waals surface area contributed by atoms with E-state index in [1.54, 1.807) is 13.8 Å². The van der Waals surface area contributed by atoms with Crippen molar-refractivity contribution in [3.63, 3.8) is 0 Å². The monoisotopic (exact) mass is 403 g/mol. The predicted molar refractivity (Wildman–Crippen MR) is 112 cm³/mol. The smallest absolute Gasteiger partial charge is 0.323 e. The molecule has 0 amide bonds. The van der Waals surface area contributed by atoms with E-state index in [0.717, 1.165) is 31.2 Å². The standard InChI is InChI=1S/C23H33NO5/c1-4-7-8-12-15-23(21(25)27-5-2,22(26)28-6-3)16-19-17-24-20(29-19)18-13-10-9-11-14-18/h9-11,13-14,19H,4-8,12,15-17H2,1-3H3. The van der Waals surface area contributed by atoms with Crippen LogP contribution >= 0.6 is 0 Å². The van der Waals surface area contributed by atoms with Crippen LogP contribution in [-0.2, 0) is 23.8 Å². The van der Waals surface area contributed by atoms with Crippen LogP contribution in [0.25, 0.3) is 0 Å². The van der Waals surface area contributed by atoms with Gasteiger partial charge >= 0.3 is 11.9 Å². The molecule has 1 atom stereocenters. The molecule has 0 spiro atoms. The summed E-state index contributed by atoms with van der Waals surface area (Å²) in [4.78, 5) is 30.4. The van der Waals surface area contributed by atoms with Crippen molar-refractivity contribution in [2.24, 2.45) is 10.4 Å². The van der Waals surface area contributed by atoms with Gasteiger partial charge in [-0.1, -0.05) is 50.8 Å². The number of carbonyl (C=O) groups is 2. The molecule has 2 rings (SSSR count). The summed E-state index contributed by atoms with van der Waals surface area (Å²) in [6.07, 6.45) is 4.07. The van der Waals surface area contributed by atoms with Gasteiger partial charge in [0.05, 0.1) is 19.8 Å². The molecular formula is C23H33NO5. The molecule has 0 N–H and O–H groups in total. The van der Waals surface area contributed by atoms with Crippen molar-refractivity contribution in [2.75, 3.05) is 19.8 Å². The highest BCUT2D eigenvalue weighted by Crippen LogP contribution is 2.36. The summed E-state index contributed by atoms with van der Waals surface area (Å²) >= 11 is 0. The van der Waals surface area contributed by atoms with Crippen molar-refractivity contribution in [1.82, 2.24) is 0 Å². The Morgan fingerprint density at radius 3 is 2.28 bits per heavy atom. The highest BCUT2D eigenvalue weighted by atomic mass is 16.6. The first-order valence-electron chi connectivity index (χ1n) is 10.7. The van der Waals surface area contributed by atoms with Gasteiger partial charge in [0, 0.05) is 12.0 Å². The molecule has 0 bridgehead atoms. The van der Waals surface area contributed by atoms with Crippen LogP contribution in [0, 0.1) is 5.41 Å². The second-order valence-electron chi connectivity index (χ2n) is 7.29. The van der Waals surface area contributed by atoms with Crippen LogP contribution in [0.3, 0.4) is 0 Å². The molecule has 0 aliphatic carbocycles.